The molecule has 100 valence electrons. The average molecular weight is 247 g/mol. The summed E-state index contributed by atoms with van der Waals surface area (Å²) in [5.74, 6) is 0.670. The van der Waals surface area contributed by atoms with Gasteiger partial charge in [0.05, 0.1) is 6.61 Å². The van der Waals surface area contributed by atoms with Crippen molar-refractivity contribution in [2.75, 3.05) is 19.8 Å². The second-order valence-electron chi connectivity index (χ2n) is 5.36. The second kappa shape index (κ2) is 6.35. The van der Waals surface area contributed by atoms with Gasteiger partial charge < -0.3 is 10.1 Å². The zero-order valence-corrected chi connectivity index (χ0v) is 11.8. The van der Waals surface area contributed by atoms with Crippen molar-refractivity contribution in [3.05, 3.63) is 34.9 Å². The molecule has 1 aromatic carbocycles. The van der Waals surface area contributed by atoms with Crippen LogP contribution in [0.25, 0.3) is 0 Å². The van der Waals surface area contributed by atoms with Crippen molar-refractivity contribution in [1.82, 2.24) is 5.32 Å². The van der Waals surface area contributed by atoms with Gasteiger partial charge in [0, 0.05) is 18.6 Å². The largest absolute Gasteiger partial charge is 0.381 e. The molecule has 2 rings (SSSR count). The summed E-state index contributed by atoms with van der Waals surface area (Å²) in [7, 11) is 0. The van der Waals surface area contributed by atoms with Crippen LogP contribution < -0.4 is 5.32 Å². The Labute approximate surface area is 111 Å². The van der Waals surface area contributed by atoms with E-state index in [1.54, 1.807) is 0 Å². The maximum atomic E-state index is 5.54. The minimum Gasteiger partial charge on any atom is -0.381 e. The third-order valence-electron chi connectivity index (χ3n) is 4.07. The van der Waals surface area contributed by atoms with E-state index in [4.69, 9.17) is 4.74 Å². The van der Waals surface area contributed by atoms with Gasteiger partial charge in [-0.1, -0.05) is 25.1 Å². The first-order chi connectivity index (χ1) is 8.72. The highest BCUT2D eigenvalue weighted by atomic mass is 16.5. The molecule has 0 aliphatic carbocycles. The molecule has 0 bridgehead atoms. The molecule has 1 aliphatic heterocycles. The lowest BCUT2D eigenvalue weighted by Gasteiger charge is -2.25. The lowest BCUT2D eigenvalue weighted by atomic mass is 9.89. The number of hydrogen-bond donors (Lipinski definition) is 1. The average Bonchev–Trinajstić information content (AvgIpc) is 2.86. The molecule has 1 fully saturated rings. The summed E-state index contributed by atoms with van der Waals surface area (Å²) in [6, 6.07) is 7.14. The van der Waals surface area contributed by atoms with Crippen molar-refractivity contribution in [3.63, 3.8) is 0 Å². The monoisotopic (exact) mass is 247 g/mol. The molecule has 2 nitrogen and oxygen atoms in total. The van der Waals surface area contributed by atoms with E-state index in [0.29, 0.717) is 12.0 Å². The quantitative estimate of drug-likeness (QED) is 0.864. The summed E-state index contributed by atoms with van der Waals surface area (Å²) in [5.41, 5.74) is 4.34. The summed E-state index contributed by atoms with van der Waals surface area (Å²) in [6.45, 7) is 9.51. The number of aryl methyl sites for hydroxylation is 2. The molecule has 1 heterocycles. The van der Waals surface area contributed by atoms with Crippen LogP contribution in [0, 0.1) is 19.8 Å². The predicted octanol–water partition coefficient (Wildman–Crippen LogP) is 2.86. The fourth-order valence-corrected chi connectivity index (χ4v) is 2.93. The second-order valence-corrected chi connectivity index (χ2v) is 5.36. The van der Waals surface area contributed by atoms with Gasteiger partial charge in [-0.05, 0) is 49.9 Å². The molecule has 1 aromatic rings. The zero-order chi connectivity index (χ0) is 13.0. The van der Waals surface area contributed by atoms with E-state index in [2.05, 4.69) is 44.3 Å². The van der Waals surface area contributed by atoms with Gasteiger partial charge >= 0.3 is 0 Å². The number of likely N-dealkylation sites (N-methyl/N-ethyl adjacent to an activating group) is 1. The summed E-state index contributed by atoms with van der Waals surface area (Å²) in [4.78, 5) is 0. The lowest BCUT2D eigenvalue weighted by molar-refractivity contribution is 0.176. The van der Waals surface area contributed by atoms with Crippen LogP contribution in [0.5, 0.6) is 0 Å². The number of ether oxygens (including phenoxy) is 1. The maximum Gasteiger partial charge on any atom is 0.0510 e. The first-order valence-electron chi connectivity index (χ1n) is 7.08. The fraction of sp³-hybridized carbons (Fsp3) is 0.625. The van der Waals surface area contributed by atoms with Crippen LogP contribution in [0.15, 0.2) is 18.2 Å². The van der Waals surface area contributed by atoms with Crippen molar-refractivity contribution >= 4 is 0 Å². The fourth-order valence-electron chi connectivity index (χ4n) is 2.93. The molecule has 2 atom stereocenters. The van der Waals surface area contributed by atoms with Crippen molar-refractivity contribution in [2.24, 2.45) is 5.92 Å². The van der Waals surface area contributed by atoms with Crippen molar-refractivity contribution in [1.29, 1.82) is 0 Å². The first kappa shape index (κ1) is 13.6. The molecule has 18 heavy (non-hydrogen) atoms. The Morgan fingerprint density at radius 1 is 1.33 bits per heavy atom. The van der Waals surface area contributed by atoms with Gasteiger partial charge in [-0.15, -0.1) is 0 Å². The number of rotatable bonds is 5. The van der Waals surface area contributed by atoms with Gasteiger partial charge in [-0.2, -0.15) is 0 Å². The van der Waals surface area contributed by atoms with E-state index in [1.807, 2.05) is 0 Å². The smallest absolute Gasteiger partial charge is 0.0510 e. The van der Waals surface area contributed by atoms with Crippen LogP contribution in [-0.2, 0) is 11.2 Å². The van der Waals surface area contributed by atoms with Crippen LogP contribution >= 0.6 is 0 Å². The van der Waals surface area contributed by atoms with Gasteiger partial charge in [-0.25, -0.2) is 0 Å². The minimum absolute atomic E-state index is 0.553. The van der Waals surface area contributed by atoms with Gasteiger partial charge in [0.2, 0.25) is 0 Å². The Balaban J connectivity index is 2.12. The SMILES string of the molecule is CCNC(Cc1c(C)cccc1C)C1CCOC1. The third kappa shape index (κ3) is 3.12. The highest BCUT2D eigenvalue weighted by molar-refractivity contribution is 5.34. The molecular formula is C16H25NO. The van der Waals surface area contributed by atoms with Crippen molar-refractivity contribution in [3.8, 4) is 0 Å². The molecular weight excluding hydrogens is 222 g/mol. The van der Waals surface area contributed by atoms with Crippen LogP contribution in [0.2, 0.25) is 0 Å². The lowest BCUT2D eigenvalue weighted by Crippen LogP contribution is -2.38. The topological polar surface area (TPSA) is 21.3 Å². The van der Waals surface area contributed by atoms with Gasteiger partial charge in [-0.3, -0.25) is 0 Å². The Morgan fingerprint density at radius 3 is 2.61 bits per heavy atom. The highest BCUT2D eigenvalue weighted by Gasteiger charge is 2.25. The summed E-state index contributed by atoms with van der Waals surface area (Å²) >= 11 is 0. The standard InChI is InChI=1S/C16H25NO/c1-4-17-16(14-8-9-18-11-14)10-15-12(2)6-5-7-13(15)3/h5-7,14,16-17H,4,8-11H2,1-3H3. The molecule has 1 N–H and O–H groups in total. The number of benzene rings is 1. The van der Waals surface area contributed by atoms with Gasteiger partial charge in [0.25, 0.3) is 0 Å². The Hall–Kier alpha value is -0.860. The number of hydrogen-bond acceptors (Lipinski definition) is 2. The van der Waals surface area contributed by atoms with E-state index < -0.39 is 0 Å². The predicted molar refractivity (Wildman–Crippen MR) is 76.0 cm³/mol. The van der Waals surface area contributed by atoms with E-state index >= 15 is 0 Å². The molecule has 1 aliphatic rings. The van der Waals surface area contributed by atoms with E-state index in [9.17, 15) is 0 Å². The molecule has 0 aromatic heterocycles. The van der Waals surface area contributed by atoms with Crippen LogP contribution in [-0.4, -0.2) is 25.8 Å². The number of nitrogens with one attached hydrogen (secondary N) is 1. The molecule has 0 radical (unpaired) electrons. The van der Waals surface area contributed by atoms with Gasteiger partial charge in [0.15, 0.2) is 0 Å². The summed E-state index contributed by atoms with van der Waals surface area (Å²) < 4.78 is 5.54. The van der Waals surface area contributed by atoms with Crippen molar-refractivity contribution in [2.45, 2.75) is 39.7 Å². The molecule has 0 spiro atoms. The summed E-state index contributed by atoms with van der Waals surface area (Å²) in [5, 5.41) is 3.65. The highest BCUT2D eigenvalue weighted by Crippen LogP contribution is 2.23. The first-order valence-corrected chi connectivity index (χ1v) is 7.08. The van der Waals surface area contributed by atoms with Crippen molar-refractivity contribution < 1.29 is 4.74 Å². The van der Waals surface area contributed by atoms with Crippen LogP contribution in [0.4, 0.5) is 0 Å². The van der Waals surface area contributed by atoms with E-state index in [-0.39, 0.29) is 0 Å². The van der Waals surface area contributed by atoms with E-state index in [1.165, 1.54) is 23.1 Å². The third-order valence-corrected chi connectivity index (χ3v) is 4.07. The van der Waals surface area contributed by atoms with Crippen LogP contribution in [0.1, 0.15) is 30.0 Å². The van der Waals surface area contributed by atoms with E-state index in [0.717, 1.165) is 26.2 Å². The molecule has 0 amide bonds. The summed E-state index contributed by atoms with van der Waals surface area (Å²) in [6.07, 6.45) is 2.32. The molecule has 1 saturated heterocycles. The molecule has 2 heteroatoms. The zero-order valence-electron chi connectivity index (χ0n) is 11.8. The maximum absolute atomic E-state index is 5.54. The normalized spacial score (nSPS) is 21.2. The van der Waals surface area contributed by atoms with Crippen LogP contribution in [0.3, 0.4) is 0 Å². The minimum atomic E-state index is 0.553. The Morgan fingerprint density at radius 2 is 2.06 bits per heavy atom. The Bertz CT molecular complexity index is 362. The van der Waals surface area contributed by atoms with Gasteiger partial charge in [0.1, 0.15) is 0 Å². The molecule has 2 unspecified atom stereocenters. The Kier molecular flexibility index (Phi) is 4.79. The molecule has 0 saturated carbocycles.